The largest absolute Gasteiger partial charge is 0.462 e. The van der Waals surface area contributed by atoms with E-state index < -0.39 is 54.9 Å². The molecule has 0 radical (unpaired) electrons. The summed E-state index contributed by atoms with van der Waals surface area (Å²) in [4.78, 5) is 11.6. The van der Waals surface area contributed by atoms with Crippen molar-refractivity contribution < 1.29 is 49.1 Å². The summed E-state index contributed by atoms with van der Waals surface area (Å²) in [5, 5.41) is 0.705. The van der Waals surface area contributed by atoms with Crippen LogP contribution in [0.15, 0.2) is 63.9 Å². The Labute approximate surface area is 261 Å². The SMILES string of the molecule is C=C(C)C(=O)OCCC(F)(F)C(F)(F)C(F)(F)C(F)(F)CCSc1ccc2cc(-c3ccc(CCCCC)cc3CC)oc2c1. The number of aryl methyl sites for hydroxylation is 2. The molecule has 0 spiro atoms. The number of rotatable bonds is 17. The molecule has 0 bridgehead atoms. The van der Waals surface area contributed by atoms with Crippen molar-refractivity contribution >= 4 is 28.7 Å². The fraction of sp³-hybridized carbons (Fsp3) is 0.485. The van der Waals surface area contributed by atoms with Crippen LogP contribution in [0.1, 0.15) is 64.0 Å². The Balaban J connectivity index is 1.68. The number of hydrogen-bond acceptors (Lipinski definition) is 4. The van der Waals surface area contributed by atoms with E-state index in [4.69, 9.17) is 4.42 Å². The Kier molecular flexibility index (Phi) is 11.8. The van der Waals surface area contributed by atoms with E-state index in [1.165, 1.54) is 17.7 Å². The molecular weight excluding hydrogens is 628 g/mol. The van der Waals surface area contributed by atoms with Crippen molar-refractivity contribution in [2.24, 2.45) is 0 Å². The number of fused-ring (bicyclic) bond motifs is 1. The first kappa shape index (κ1) is 36.4. The molecule has 0 amide bonds. The van der Waals surface area contributed by atoms with Crippen molar-refractivity contribution in [3.05, 3.63) is 65.7 Å². The molecule has 2 aromatic carbocycles. The molecule has 0 aliphatic rings. The van der Waals surface area contributed by atoms with Gasteiger partial charge in [-0.15, -0.1) is 11.8 Å². The quantitative estimate of drug-likeness (QED) is 0.0473. The van der Waals surface area contributed by atoms with E-state index in [1.54, 1.807) is 6.07 Å². The molecule has 1 heterocycles. The number of carbonyl (C=O) groups excluding carboxylic acids is 1. The number of benzene rings is 2. The lowest BCUT2D eigenvalue weighted by Gasteiger charge is -2.36. The van der Waals surface area contributed by atoms with Crippen LogP contribution >= 0.6 is 11.8 Å². The number of thioether (sulfide) groups is 1. The van der Waals surface area contributed by atoms with Crippen LogP contribution in [0, 0.1) is 0 Å². The van der Waals surface area contributed by atoms with Crippen molar-refractivity contribution in [2.75, 3.05) is 12.4 Å². The molecule has 45 heavy (non-hydrogen) atoms. The molecule has 0 aliphatic heterocycles. The Morgan fingerprint density at radius 1 is 0.889 bits per heavy atom. The third kappa shape index (κ3) is 8.23. The summed E-state index contributed by atoms with van der Waals surface area (Å²) in [6.45, 7) is 7.07. The van der Waals surface area contributed by atoms with Crippen LogP contribution in [0.4, 0.5) is 35.1 Å². The Hall–Kier alpha value is -3.02. The van der Waals surface area contributed by atoms with Gasteiger partial charge >= 0.3 is 29.7 Å². The third-order valence-electron chi connectivity index (χ3n) is 7.37. The minimum atomic E-state index is -6.43. The molecule has 3 aromatic rings. The zero-order valence-electron chi connectivity index (χ0n) is 25.3. The Bertz CT molecular complexity index is 1480. The van der Waals surface area contributed by atoms with Gasteiger partial charge in [-0.1, -0.05) is 51.5 Å². The van der Waals surface area contributed by atoms with E-state index >= 15 is 0 Å². The standard InChI is InChI=1S/C33H36F8O3S/c1-5-7-8-9-22-10-13-26(23(6-2)18-22)28-19-24-11-12-25(20-27(24)44-28)45-17-15-31(36,37)33(40,41)32(38,39)30(34,35)14-16-43-29(42)21(3)4/h10-13,18-20H,3,5-9,14-17H2,1-2,4H3. The first-order valence-corrected chi connectivity index (χ1v) is 15.6. The highest BCUT2D eigenvalue weighted by Gasteiger charge is 2.79. The fourth-order valence-electron chi connectivity index (χ4n) is 4.61. The predicted octanol–water partition coefficient (Wildman–Crippen LogP) is 10.9. The van der Waals surface area contributed by atoms with Crippen LogP contribution in [-0.2, 0) is 22.4 Å². The number of hydrogen-bond donors (Lipinski definition) is 0. The van der Waals surface area contributed by atoms with Crippen LogP contribution < -0.4 is 0 Å². The Morgan fingerprint density at radius 2 is 1.56 bits per heavy atom. The highest BCUT2D eigenvalue weighted by molar-refractivity contribution is 7.99. The summed E-state index contributed by atoms with van der Waals surface area (Å²) < 4.78 is 124. The van der Waals surface area contributed by atoms with Gasteiger partial charge in [0.15, 0.2) is 0 Å². The van der Waals surface area contributed by atoms with Crippen LogP contribution in [0.5, 0.6) is 0 Å². The van der Waals surface area contributed by atoms with Crippen molar-refractivity contribution in [3.8, 4) is 11.3 Å². The molecule has 3 rings (SSSR count). The normalized spacial score (nSPS) is 13.0. The number of esters is 1. The molecule has 0 saturated heterocycles. The van der Waals surface area contributed by atoms with Crippen LogP contribution in [-0.4, -0.2) is 42.0 Å². The van der Waals surface area contributed by atoms with E-state index in [-0.39, 0.29) is 5.57 Å². The first-order chi connectivity index (χ1) is 21.0. The summed E-state index contributed by atoms with van der Waals surface area (Å²) in [6.07, 6.45) is 1.20. The van der Waals surface area contributed by atoms with Crippen LogP contribution in [0.2, 0.25) is 0 Å². The van der Waals surface area contributed by atoms with Crippen LogP contribution in [0.3, 0.4) is 0 Å². The molecule has 0 aliphatic carbocycles. The second kappa shape index (κ2) is 14.6. The zero-order chi connectivity index (χ0) is 33.6. The average molecular weight is 665 g/mol. The zero-order valence-corrected chi connectivity index (χ0v) is 26.1. The van der Waals surface area contributed by atoms with Crippen molar-refractivity contribution in [3.63, 3.8) is 0 Å². The smallest absolute Gasteiger partial charge is 0.378 e. The predicted molar refractivity (Wildman–Crippen MR) is 160 cm³/mol. The van der Waals surface area contributed by atoms with Gasteiger partial charge in [-0.05, 0) is 61.6 Å². The maximum Gasteiger partial charge on any atom is 0.378 e. The first-order valence-electron chi connectivity index (χ1n) is 14.6. The van der Waals surface area contributed by atoms with Gasteiger partial charge in [-0.2, -0.15) is 35.1 Å². The molecule has 1 aromatic heterocycles. The van der Waals surface area contributed by atoms with Gasteiger partial charge in [-0.25, -0.2) is 4.79 Å². The summed E-state index contributed by atoms with van der Waals surface area (Å²) in [6, 6.07) is 12.7. The maximum absolute atomic E-state index is 14.4. The molecule has 0 fully saturated rings. The monoisotopic (exact) mass is 664 g/mol. The molecule has 3 nitrogen and oxygen atoms in total. The van der Waals surface area contributed by atoms with Gasteiger partial charge in [-0.3, -0.25) is 0 Å². The number of furan rings is 1. The summed E-state index contributed by atoms with van der Waals surface area (Å²) in [7, 11) is 0. The lowest BCUT2D eigenvalue weighted by Crippen LogP contribution is -2.62. The van der Waals surface area contributed by atoms with Gasteiger partial charge in [0.2, 0.25) is 0 Å². The summed E-state index contributed by atoms with van der Waals surface area (Å²) >= 11 is 0.669. The fourth-order valence-corrected chi connectivity index (χ4v) is 5.56. The lowest BCUT2D eigenvalue weighted by atomic mass is 9.95. The summed E-state index contributed by atoms with van der Waals surface area (Å²) in [5.41, 5.74) is 3.37. The van der Waals surface area contributed by atoms with Gasteiger partial charge in [0.1, 0.15) is 11.3 Å². The number of carbonyl (C=O) groups is 1. The third-order valence-corrected chi connectivity index (χ3v) is 8.37. The molecule has 248 valence electrons. The van der Waals surface area contributed by atoms with Gasteiger partial charge < -0.3 is 9.15 Å². The second-order valence-electron chi connectivity index (χ2n) is 10.9. The van der Waals surface area contributed by atoms with Crippen molar-refractivity contribution in [1.82, 2.24) is 0 Å². The van der Waals surface area contributed by atoms with Crippen molar-refractivity contribution in [1.29, 1.82) is 0 Å². The van der Waals surface area contributed by atoms with E-state index in [9.17, 15) is 39.9 Å². The van der Waals surface area contributed by atoms with Gasteiger partial charge in [0.25, 0.3) is 0 Å². The van der Waals surface area contributed by atoms with E-state index in [2.05, 4.69) is 24.3 Å². The average Bonchev–Trinajstić information content (AvgIpc) is 3.40. The van der Waals surface area contributed by atoms with Crippen molar-refractivity contribution in [2.45, 2.75) is 94.3 Å². The maximum atomic E-state index is 14.4. The molecule has 0 unspecified atom stereocenters. The molecule has 12 heteroatoms. The topological polar surface area (TPSA) is 39.4 Å². The lowest BCUT2D eigenvalue weighted by molar-refractivity contribution is -0.367. The number of alkyl halides is 8. The summed E-state index contributed by atoms with van der Waals surface area (Å²) in [5.74, 6) is -25.3. The highest BCUT2D eigenvalue weighted by atomic mass is 32.2. The van der Waals surface area contributed by atoms with Gasteiger partial charge in [0.05, 0.1) is 13.0 Å². The molecular formula is C33H36F8O3S. The van der Waals surface area contributed by atoms with Crippen LogP contribution in [0.25, 0.3) is 22.3 Å². The van der Waals surface area contributed by atoms with E-state index in [0.717, 1.165) is 50.2 Å². The van der Waals surface area contributed by atoms with Gasteiger partial charge in [0, 0.05) is 33.6 Å². The molecule has 0 N–H and O–H groups in total. The number of halogens is 8. The minimum absolute atomic E-state index is 0.250. The molecule has 0 atom stereocenters. The van der Waals surface area contributed by atoms with E-state index in [1.807, 2.05) is 25.1 Å². The van der Waals surface area contributed by atoms with E-state index in [0.29, 0.717) is 33.4 Å². The second-order valence-corrected chi connectivity index (χ2v) is 12.1. The number of ether oxygens (including phenoxy) is 1. The number of unbranched alkanes of at least 4 members (excludes halogenated alkanes) is 2. The Morgan fingerprint density at radius 3 is 2.18 bits per heavy atom. The highest BCUT2D eigenvalue weighted by Crippen LogP contribution is 2.55. The minimum Gasteiger partial charge on any atom is -0.462 e. The molecule has 0 saturated carbocycles.